The number of anilines is 1. The van der Waals surface area contributed by atoms with Crippen molar-refractivity contribution in [3.63, 3.8) is 0 Å². The van der Waals surface area contributed by atoms with Crippen molar-refractivity contribution < 1.29 is 4.79 Å². The van der Waals surface area contributed by atoms with E-state index in [1.807, 2.05) is 23.1 Å². The van der Waals surface area contributed by atoms with Gasteiger partial charge in [-0.3, -0.25) is 0 Å². The molecule has 2 heterocycles. The molecule has 5 heteroatoms. The van der Waals surface area contributed by atoms with Gasteiger partial charge >= 0.3 is 6.03 Å². The lowest BCUT2D eigenvalue weighted by Crippen LogP contribution is -2.34. The topological polar surface area (TPSA) is 32.3 Å². The molecule has 3 nitrogen and oxygen atoms in total. The highest BCUT2D eigenvalue weighted by Crippen LogP contribution is 2.34. The normalized spacial score (nSPS) is 18.2. The van der Waals surface area contributed by atoms with E-state index in [2.05, 4.69) is 16.8 Å². The summed E-state index contributed by atoms with van der Waals surface area (Å²) in [5.41, 5.74) is 0.735. The van der Waals surface area contributed by atoms with Crippen molar-refractivity contribution in [1.29, 1.82) is 0 Å². The van der Waals surface area contributed by atoms with Crippen LogP contribution in [0.25, 0.3) is 0 Å². The molecule has 0 aliphatic carbocycles. The smallest absolute Gasteiger partial charge is 0.317 e. The van der Waals surface area contributed by atoms with E-state index in [1.54, 1.807) is 23.5 Å². The maximum absolute atomic E-state index is 12.4. The van der Waals surface area contributed by atoms with Crippen molar-refractivity contribution >= 4 is 34.7 Å². The van der Waals surface area contributed by atoms with E-state index >= 15 is 0 Å². The van der Waals surface area contributed by atoms with Gasteiger partial charge in [-0.1, -0.05) is 23.7 Å². The number of thiophene rings is 1. The fourth-order valence-corrected chi connectivity index (χ4v) is 3.61. The summed E-state index contributed by atoms with van der Waals surface area (Å²) in [7, 11) is 0. The zero-order valence-electron chi connectivity index (χ0n) is 10.9. The highest BCUT2D eigenvalue weighted by Gasteiger charge is 2.30. The Labute approximate surface area is 127 Å². The number of urea groups is 1. The Morgan fingerprint density at radius 1 is 1.35 bits per heavy atom. The molecule has 20 heavy (non-hydrogen) atoms. The summed E-state index contributed by atoms with van der Waals surface area (Å²) in [4.78, 5) is 15.6. The lowest BCUT2D eigenvalue weighted by atomic mass is 10.2. The third-order valence-corrected chi connectivity index (χ3v) is 4.67. The molecule has 0 spiro atoms. The van der Waals surface area contributed by atoms with Crippen molar-refractivity contribution in [2.45, 2.75) is 18.9 Å². The molecular weight excluding hydrogens is 292 g/mol. The van der Waals surface area contributed by atoms with Gasteiger partial charge in [0.05, 0.1) is 6.04 Å². The number of carbonyl (C=O) groups excluding carboxylic acids is 1. The molecule has 2 amide bonds. The summed E-state index contributed by atoms with van der Waals surface area (Å²) in [6.07, 6.45) is 2.08. The monoisotopic (exact) mass is 306 g/mol. The van der Waals surface area contributed by atoms with Crippen LogP contribution in [0.5, 0.6) is 0 Å². The van der Waals surface area contributed by atoms with E-state index in [0.29, 0.717) is 5.02 Å². The minimum Gasteiger partial charge on any atom is -0.317 e. The lowest BCUT2D eigenvalue weighted by molar-refractivity contribution is 0.208. The molecule has 1 fully saturated rings. The number of nitrogens with zero attached hydrogens (tertiary/aromatic N) is 1. The highest BCUT2D eigenvalue weighted by atomic mass is 35.5. The van der Waals surface area contributed by atoms with E-state index in [1.165, 1.54) is 4.88 Å². The number of hydrogen-bond acceptors (Lipinski definition) is 2. The van der Waals surface area contributed by atoms with Gasteiger partial charge in [-0.25, -0.2) is 4.79 Å². The van der Waals surface area contributed by atoms with Gasteiger partial charge in [-0.2, -0.15) is 0 Å². The van der Waals surface area contributed by atoms with Crippen LogP contribution in [-0.2, 0) is 0 Å². The number of amides is 2. The second kappa shape index (κ2) is 5.85. The molecule has 1 aromatic heterocycles. The molecule has 1 saturated heterocycles. The van der Waals surface area contributed by atoms with Crippen LogP contribution >= 0.6 is 22.9 Å². The Morgan fingerprint density at radius 2 is 2.25 bits per heavy atom. The van der Waals surface area contributed by atoms with Crippen LogP contribution in [0.2, 0.25) is 5.02 Å². The predicted molar refractivity (Wildman–Crippen MR) is 83.5 cm³/mol. The van der Waals surface area contributed by atoms with E-state index < -0.39 is 0 Å². The minimum absolute atomic E-state index is 0.0526. The van der Waals surface area contributed by atoms with Gasteiger partial charge in [0, 0.05) is 22.1 Å². The van der Waals surface area contributed by atoms with Gasteiger partial charge < -0.3 is 10.2 Å². The van der Waals surface area contributed by atoms with Gasteiger partial charge in [0.1, 0.15) is 0 Å². The summed E-state index contributed by atoms with van der Waals surface area (Å²) in [6, 6.07) is 11.5. The standard InChI is InChI=1S/C15H15ClN2OS/c16-11-4-1-5-12(10-11)17-15(19)18-8-2-6-13(18)14-7-3-9-20-14/h1,3-5,7,9-10,13H,2,6,8H2,(H,17,19). The molecule has 1 aliphatic heterocycles. The van der Waals surface area contributed by atoms with Crippen LogP contribution in [0.1, 0.15) is 23.8 Å². The number of rotatable bonds is 2. The number of halogens is 1. The molecule has 1 atom stereocenters. The first-order valence-corrected chi connectivity index (χ1v) is 7.86. The van der Waals surface area contributed by atoms with Crippen molar-refractivity contribution in [2.24, 2.45) is 0 Å². The lowest BCUT2D eigenvalue weighted by Gasteiger charge is -2.24. The number of nitrogens with one attached hydrogen (secondary N) is 1. The van der Waals surface area contributed by atoms with Gasteiger partial charge in [0.25, 0.3) is 0 Å². The average Bonchev–Trinajstić information content (AvgIpc) is 3.09. The quantitative estimate of drug-likeness (QED) is 0.851. The molecule has 1 aliphatic rings. The Kier molecular flexibility index (Phi) is 3.94. The first kappa shape index (κ1) is 13.5. The fraction of sp³-hybridized carbons (Fsp3) is 0.267. The number of carbonyl (C=O) groups is 1. The first-order valence-electron chi connectivity index (χ1n) is 6.60. The number of hydrogen-bond donors (Lipinski definition) is 1. The molecule has 0 radical (unpaired) electrons. The third-order valence-electron chi connectivity index (χ3n) is 3.46. The Morgan fingerprint density at radius 3 is 3.00 bits per heavy atom. The van der Waals surface area contributed by atoms with Gasteiger partial charge in [-0.15, -0.1) is 11.3 Å². The average molecular weight is 307 g/mol. The summed E-state index contributed by atoms with van der Waals surface area (Å²) >= 11 is 7.64. The van der Waals surface area contributed by atoms with Crippen molar-refractivity contribution in [3.8, 4) is 0 Å². The van der Waals surface area contributed by atoms with Crippen LogP contribution in [0, 0.1) is 0 Å². The van der Waals surface area contributed by atoms with Crippen LogP contribution in [0.15, 0.2) is 41.8 Å². The van der Waals surface area contributed by atoms with Crippen LogP contribution < -0.4 is 5.32 Å². The van der Waals surface area contributed by atoms with Gasteiger partial charge in [0.15, 0.2) is 0 Å². The zero-order valence-corrected chi connectivity index (χ0v) is 12.5. The maximum Gasteiger partial charge on any atom is 0.322 e. The van der Waals surface area contributed by atoms with E-state index in [-0.39, 0.29) is 12.1 Å². The SMILES string of the molecule is O=C(Nc1cccc(Cl)c1)N1CCCC1c1cccs1. The Bertz CT molecular complexity index is 600. The molecule has 0 bridgehead atoms. The second-order valence-electron chi connectivity index (χ2n) is 4.81. The highest BCUT2D eigenvalue weighted by molar-refractivity contribution is 7.10. The van der Waals surface area contributed by atoms with E-state index in [0.717, 1.165) is 25.1 Å². The Hall–Kier alpha value is -1.52. The molecular formula is C15H15ClN2OS. The summed E-state index contributed by atoms with van der Waals surface area (Å²) in [5, 5.41) is 5.60. The van der Waals surface area contributed by atoms with E-state index in [4.69, 9.17) is 11.6 Å². The molecule has 1 N–H and O–H groups in total. The number of likely N-dealkylation sites (tertiary alicyclic amines) is 1. The first-order chi connectivity index (χ1) is 9.74. The van der Waals surface area contributed by atoms with Crippen molar-refractivity contribution in [1.82, 2.24) is 4.90 Å². The number of benzene rings is 1. The summed E-state index contributed by atoms with van der Waals surface area (Å²) in [5.74, 6) is 0. The molecule has 104 valence electrons. The fourth-order valence-electron chi connectivity index (χ4n) is 2.55. The maximum atomic E-state index is 12.4. The van der Waals surface area contributed by atoms with Crippen LogP contribution in [0.3, 0.4) is 0 Å². The minimum atomic E-state index is -0.0526. The zero-order chi connectivity index (χ0) is 13.9. The molecule has 2 aromatic rings. The summed E-state index contributed by atoms with van der Waals surface area (Å²) < 4.78 is 0. The molecule has 1 unspecified atom stereocenters. The molecule has 1 aromatic carbocycles. The van der Waals surface area contributed by atoms with Crippen molar-refractivity contribution in [2.75, 3.05) is 11.9 Å². The molecule has 0 saturated carbocycles. The molecule has 3 rings (SSSR count). The predicted octanol–water partition coefficient (Wildman–Crippen LogP) is 4.77. The summed E-state index contributed by atoms with van der Waals surface area (Å²) in [6.45, 7) is 0.801. The van der Waals surface area contributed by atoms with Crippen molar-refractivity contribution in [3.05, 3.63) is 51.7 Å². The largest absolute Gasteiger partial charge is 0.322 e. The van der Waals surface area contributed by atoms with Crippen LogP contribution in [-0.4, -0.2) is 17.5 Å². The van der Waals surface area contributed by atoms with Crippen LogP contribution in [0.4, 0.5) is 10.5 Å². The second-order valence-corrected chi connectivity index (χ2v) is 6.22. The van der Waals surface area contributed by atoms with Gasteiger partial charge in [0.2, 0.25) is 0 Å². The van der Waals surface area contributed by atoms with Gasteiger partial charge in [-0.05, 0) is 42.5 Å². The third kappa shape index (κ3) is 2.81. The Balaban J connectivity index is 1.73. The van der Waals surface area contributed by atoms with E-state index in [9.17, 15) is 4.79 Å².